The zero-order valence-electron chi connectivity index (χ0n) is 31.5. The molecule has 276 valence electrons. The Hall–Kier alpha value is -6.74. The monoisotopic (exact) mass is 736 g/mol. The van der Waals surface area contributed by atoms with Gasteiger partial charge in [0.15, 0.2) is 0 Å². The fourth-order valence-electron chi connectivity index (χ4n) is 7.91. The molecule has 0 saturated heterocycles. The van der Waals surface area contributed by atoms with Gasteiger partial charge in [0.05, 0.1) is 37.0 Å². The van der Waals surface area contributed by atoms with Crippen molar-refractivity contribution in [2.45, 2.75) is 26.1 Å². The second-order valence-corrected chi connectivity index (χ2v) is 14.3. The Kier molecular flexibility index (Phi) is 8.85. The molecule has 9 rings (SSSR count). The molecule has 0 radical (unpaired) electrons. The van der Waals surface area contributed by atoms with E-state index in [2.05, 4.69) is 65.4 Å². The van der Waals surface area contributed by atoms with Gasteiger partial charge in [-0.3, -0.25) is 4.98 Å². The first-order valence-electron chi connectivity index (χ1n) is 18.6. The summed E-state index contributed by atoms with van der Waals surface area (Å²) in [7, 11) is 3.28. The molecule has 0 fully saturated rings. The van der Waals surface area contributed by atoms with Crippen LogP contribution in [0.4, 0.5) is 0 Å². The molecule has 4 N–H and O–H groups in total. The Morgan fingerprint density at radius 1 is 0.464 bits per heavy atom. The van der Waals surface area contributed by atoms with Crippen LogP contribution in [0, 0.1) is 13.8 Å². The lowest BCUT2D eigenvalue weighted by Crippen LogP contribution is -2.05. The van der Waals surface area contributed by atoms with E-state index in [1.54, 1.807) is 14.2 Å². The number of nitrogens with one attached hydrogen (secondary N) is 2. The fourth-order valence-corrected chi connectivity index (χ4v) is 7.91. The standard InChI is InChI=1S/C48H40N4O4/c1-27-9-5-11-29(23-27)41-35-17-18-37(49-35)42(31-13-7-15-33(25-31)55-3)38-20-22-40(51-38)44(32-14-8-16-34(26-32)56-4)46-48(54)47(53)45(52-46)43(39-21-19-36(41)50-39)30-12-6-10-28(2)24-30/h5-26,47-48,50-51,53-54H,1-4H3/t47-,48+/m1/s1. The Labute approximate surface area is 324 Å². The third kappa shape index (κ3) is 6.15. The normalized spacial score (nSPS) is 14.9. The summed E-state index contributed by atoms with van der Waals surface area (Å²) in [6.07, 6.45) is 1.46. The Bertz CT molecular complexity index is 2870. The lowest BCUT2D eigenvalue weighted by atomic mass is 9.97. The summed E-state index contributed by atoms with van der Waals surface area (Å²) in [5.41, 5.74) is 14.2. The van der Waals surface area contributed by atoms with Crippen LogP contribution in [0.3, 0.4) is 0 Å². The number of aromatic amines is 2. The topological polar surface area (TPSA) is 116 Å². The van der Waals surface area contributed by atoms with Crippen LogP contribution in [0.5, 0.6) is 11.5 Å². The molecule has 0 aliphatic carbocycles. The number of fused-ring (bicyclic) bond motifs is 8. The average Bonchev–Trinajstić information content (AvgIpc) is 4.04. The number of aryl methyl sites for hydroxylation is 2. The van der Waals surface area contributed by atoms with Crippen LogP contribution in [0.25, 0.3) is 78.7 Å². The molecule has 7 aromatic rings. The lowest BCUT2D eigenvalue weighted by Gasteiger charge is -2.13. The van der Waals surface area contributed by atoms with E-state index in [9.17, 15) is 10.2 Å². The van der Waals surface area contributed by atoms with Gasteiger partial charge in [-0.15, -0.1) is 0 Å². The number of aliphatic hydroxyl groups excluding tert-OH is 2. The zero-order chi connectivity index (χ0) is 38.5. The highest BCUT2D eigenvalue weighted by Crippen LogP contribution is 2.45. The smallest absolute Gasteiger partial charge is 0.128 e. The SMILES string of the molecule is COc1cccc(-c2c3nc(c(-c4cccc(C)c4)c4ccc([nH]4)c(-c4cccc(C)c4)c4nc(c(-c5cccc(OC)c5)c5ccc2[nH]5)[C@H](O)[C@@H]4O)C=C3)c1. The summed E-state index contributed by atoms with van der Waals surface area (Å²) in [6, 6.07) is 40.2. The third-order valence-electron chi connectivity index (χ3n) is 10.5. The number of methoxy groups -OCH3 is 2. The van der Waals surface area contributed by atoms with E-state index in [-0.39, 0.29) is 0 Å². The lowest BCUT2D eigenvalue weighted by molar-refractivity contribution is 0.0260. The molecule has 4 aromatic carbocycles. The van der Waals surface area contributed by atoms with Gasteiger partial charge in [0.2, 0.25) is 0 Å². The van der Waals surface area contributed by atoms with E-state index >= 15 is 0 Å². The predicted octanol–water partition coefficient (Wildman–Crippen LogP) is 10.6. The number of H-pyrrole nitrogens is 2. The molecule has 0 saturated carbocycles. The van der Waals surface area contributed by atoms with Crippen molar-refractivity contribution in [2.75, 3.05) is 14.2 Å². The van der Waals surface area contributed by atoms with Crippen LogP contribution in [0.15, 0.2) is 121 Å². The maximum absolute atomic E-state index is 12.1. The second-order valence-electron chi connectivity index (χ2n) is 14.3. The number of aromatic nitrogens is 4. The van der Waals surface area contributed by atoms with Crippen molar-refractivity contribution < 1.29 is 19.7 Å². The molecular weight excluding hydrogens is 697 g/mol. The molecule has 8 bridgehead atoms. The van der Waals surface area contributed by atoms with Gasteiger partial charge in [0, 0.05) is 44.3 Å². The van der Waals surface area contributed by atoms with Crippen molar-refractivity contribution in [1.29, 1.82) is 0 Å². The fraction of sp³-hybridized carbons (Fsp3) is 0.125. The van der Waals surface area contributed by atoms with Gasteiger partial charge in [-0.25, -0.2) is 4.98 Å². The van der Waals surface area contributed by atoms with Crippen LogP contribution in [-0.2, 0) is 0 Å². The van der Waals surface area contributed by atoms with Crippen LogP contribution in [0.1, 0.15) is 46.1 Å². The first-order valence-corrected chi connectivity index (χ1v) is 18.6. The number of hydrogen-bond acceptors (Lipinski definition) is 6. The number of rotatable bonds is 6. The number of ether oxygens (including phenoxy) is 2. The largest absolute Gasteiger partial charge is 0.497 e. The van der Waals surface area contributed by atoms with Gasteiger partial charge >= 0.3 is 0 Å². The summed E-state index contributed by atoms with van der Waals surface area (Å²) in [6.45, 7) is 4.12. The van der Waals surface area contributed by atoms with E-state index in [0.29, 0.717) is 33.8 Å². The number of hydrogen-bond donors (Lipinski definition) is 4. The van der Waals surface area contributed by atoms with Crippen molar-refractivity contribution in [2.24, 2.45) is 0 Å². The van der Waals surface area contributed by atoms with E-state index in [0.717, 1.165) is 78.2 Å². The molecule has 3 aromatic heterocycles. The first-order chi connectivity index (χ1) is 27.3. The molecule has 5 heterocycles. The Morgan fingerprint density at radius 3 is 1.27 bits per heavy atom. The van der Waals surface area contributed by atoms with Gasteiger partial charge in [0.1, 0.15) is 23.7 Å². The van der Waals surface area contributed by atoms with Gasteiger partial charge in [-0.2, -0.15) is 0 Å². The zero-order valence-corrected chi connectivity index (χ0v) is 31.5. The molecule has 2 atom stereocenters. The molecule has 2 aliphatic heterocycles. The highest BCUT2D eigenvalue weighted by molar-refractivity contribution is 5.97. The molecule has 2 aliphatic rings. The van der Waals surface area contributed by atoms with Crippen molar-refractivity contribution in [3.63, 3.8) is 0 Å². The highest BCUT2D eigenvalue weighted by atomic mass is 16.5. The minimum Gasteiger partial charge on any atom is -0.497 e. The minimum absolute atomic E-state index is 0.335. The van der Waals surface area contributed by atoms with Crippen molar-refractivity contribution in [1.82, 2.24) is 19.9 Å². The maximum atomic E-state index is 12.1. The quantitative estimate of drug-likeness (QED) is 0.135. The van der Waals surface area contributed by atoms with E-state index in [4.69, 9.17) is 19.4 Å². The molecule has 8 nitrogen and oxygen atoms in total. The maximum Gasteiger partial charge on any atom is 0.128 e. The summed E-state index contributed by atoms with van der Waals surface area (Å²) >= 11 is 0. The van der Waals surface area contributed by atoms with Crippen LogP contribution < -0.4 is 9.47 Å². The Morgan fingerprint density at radius 2 is 0.839 bits per heavy atom. The molecule has 56 heavy (non-hydrogen) atoms. The number of benzene rings is 4. The van der Waals surface area contributed by atoms with Gasteiger partial charge < -0.3 is 29.7 Å². The van der Waals surface area contributed by atoms with E-state index < -0.39 is 12.2 Å². The van der Waals surface area contributed by atoms with E-state index in [1.165, 1.54) is 0 Å². The third-order valence-corrected chi connectivity index (χ3v) is 10.5. The average molecular weight is 737 g/mol. The van der Waals surface area contributed by atoms with Crippen molar-refractivity contribution in [3.8, 4) is 56.0 Å². The van der Waals surface area contributed by atoms with Gasteiger partial charge in [-0.05, 0) is 96.8 Å². The summed E-state index contributed by atoms with van der Waals surface area (Å²) in [5.74, 6) is 1.37. The molecule has 0 amide bonds. The number of nitrogens with zero attached hydrogens (tertiary/aromatic N) is 2. The van der Waals surface area contributed by atoms with Gasteiger partial charge in [0.25, 0.3) is 0 Å². The molecule has 8 heteroatoms. The predicted molar refractivity (Wildman–Crippen MR) is 224 cm³/mol. The summed E-state index contributed by atoms with van der Waals surface area (Å²) in [5, 5.41) is 24.1. The van der Waals surface area contributed by atoms with Crippen molar-refractivity contribution in [3.05, 3.63) is 155 Å². The van der Waals surface area contributed by atoms with Crippen LogP contribution >= 0.6 is 0 Å². The first kappa shape index (κ1) is 35.0. The van der Waals surface area contributed by atoms with Crippen molar-refractivity contribution >= 4 is 34.2 Å². The Balaban J connectivity index is 1.51. The molecule has 0 unspecified atom stereocenters. The minimum atomic E-state index is -1.34. The van der Waals surface area contributed by atoms with Crippen LogP contribution in [0.2, 0.25) is 0 Å². The summed E-state index contributed by atoms with van der Waals surface area (Å²) in [4.78, 5) is 18.0. The molecule has 0 spiro atoms. The number of aliphatic hydroxyl groups is 2. The summed E-state index contributed by atoms with van der Waals surface area (Å²) < 4.78 is 11.3. The van der Waals surface area contributed by atoms with Crippen LogP contribution in [-0.4, -0.2) is 44.4 Å². The van der Waals surface area contributed by atoms with E-state index in [1.807, 2.05) is 91.9 Å². The molecular formula is C48H40N4O4. The highest BCUT2D eigenvalue weighted by Gasteiger charge is 2.34. The van der Waals surface area contributed by atoms with Gasteiger partial charge in [-0.1, -0.05) is 83.9 Å². The second kappa shape index (κ2) is 14.2.